The van der Waals surface area contributed by atoms with Gasteiger partial charge in [-0.3, -0.25) is 0 Å². The molecular weight excluding hydrogens is 198 g/mol. The van der Waals surface area contributed by atoms with Crippen molar-refractivity contribution in [3.8, 4) is 5.75 Å². The Morgan fingerprint density at radius 3 is 2.93 bits per heavy atom. The lowest BCUT2D eigenvalue weighted by Crippen LogP contribution is -2.27. The zero-order chi connectivity index (χ0) is 9.26. The Hall–Kier alpha value is -0.730. The van der Waals surface area contributed by atoms with Gasteiger partial charge in [0.25, 0.3) is 0 Å². The third-order valence-electron chi connectivity index (χ3n) is 2.70. The van der Waals surface area contributed by atoms with Crippen LogP contribution in [0.3, 0.4) is 0 Å². The number of fused-ring (bicyclic) bond motifs is 1. The van der Waals surface area contributed by atoms with Crippen molar-refractivity contribution in [2.45, 2.75) is 25.3 Å². The van der Waals surface area contributed by atoms with Crippen LogP contribution in [-0.2, 0) is 12.8 Å². The summed E-state index contributed by atoms with van der Waals surface area (Å²) in [4.78, 5) is 0. The molecule has 0 saturated carbocycles. The first kappa shape index (κ1) is 11.3. The van der Waals surface area contributed by atoms with Gasteiger partial charge in [0.05, 0.1) is 7.11 Å². The topological polar surface area (TPSA) is 35.2 Å². The van der Waals surface area contributed by atoms with Crippen molar-refractivity contribution >= 4 is 12.4 Å². The fourth-order valence-electron chi connectivity index (χ4n) is 1.99. The number of nitrogens with two attached hydrogens (primary N) is 1. The van der Waals surface area contributed by atoms with E-state index in [0.29, 0.717) is 6.04 Å². The second-order valence-electron chi connectivity index (χ2n) is 3.60. The van der Waals surface area contributed by atoms with Gasteiger partial charge >= 0.3 is 0 Å². The minimum absolute atomic E-state index is 0. The zero-order valence-corrected chi connectivity index (χ0v) is 9.14. The number of methoxy groups -OCH3 is 1. The van der Waals surface area contributed by atoms with Gasteiger partial charge < -0.3 is 10.5 Å². The summed E-state index contributed by atoms with van der Waals surface area (Å²) in [5, 5.41) is 0. The molecule has 0 unspecified atom stereocenters. The van der Waals surface area contributed by atoms with Crippen LogP contribution < -0.4 is 10.5 Å². The van der Waals surface area contributed by atoms with E-state index < -0.39 is 0 Å². The molecule has 78 valence electrons. The summed E-state index contributed by atoms with van der Waals surface area (Å²) in [6.45, 7) is 0. The van der Waals surface area contributed by atoms with Gasteiger partial charge in [-0.1, -0.05) is 12.1 Å². The molecule has 1 atom stereocenters. The Bertz CT molecular complexity index is 314. The molecule has 0 aliphatic heterocycles. The highest BCUT2D eigenvalue weighted by Gasteiger charge is 2.17. The maximum Gasteiger partial charge on any atom is 0.122 e. The molecule has 2 N–H and O–H groups in total. The van der Waals surface area contributed by atoms with E-state index >= 15 is 0 Å². The molecule has 0 bridgehead atoms. The van der Waals surface area contributed by atoms with Gasteiger partial charge in [0.15, 0.2) is 0 Å². The van der Waals surface area contributed by atoms with Crippen molar-refractivity contribution in [2.24, 2.45) is 5.73 Å². The van der Waals surface area contributed by atoms with Gasteiger partial charge in [-0.15, -0.1) is 12.4 Å². The predicted octanol–water partition coefficient (Wildman–Crippen LogP) is 1.93. The van der Waals surface area contributed by atoms with E-state index in [9.17, 15) is 0 Å². The van der Waals surface area contributed by atoms with E-state index in [-0.39, 0.29) is 12.4 Å². The molecule has 0 amide bonds. The molecule has 1 aromatic carbocycles. The van der Waals surface area contributed by atoms with Crippen LogP contribution in [0.5, 0.6) is 5.75 Å². The molecule has 1 aromatic rings. The molecule has 0 heterocycles. The molecule has 0 saturated heterocycles. The largest absolute Gasteiger partial charge is 0.496 e. The van der Waals surface area contributed by atoms with Crippen LogP contribution in [0.15, 0.2) is 18.2 Å². The van der Waals surface area contributed by atoms with Crippen LogP contribution in [0, 0.1) is 0 Å². The van der Waals surface area contributed by atoms with Crippen LogP contribution in [0.25, 0.3) is 0 Å². The molecule has 2 nitrogen and oxygen atoms in total. The third kappa shape index (κ3) is 2.02. The van der Waals surface area contributed by atoms with Crippen molar-refractivity contribution in [3.63, 3.8) is 0 Å². The average Bonchev–Trinajstić information content (AvgIpc) is 2.16. The average molecular weight is 214 g/mol. The van der Waals surface area contributed by atoms with Crippen LogP contribution in [-0.4, -0.2) is 13.2 Å². The summed E-state index contributed by atoms with van der Waals surface area (Å²) < 4.78 is 5.31. The zero-order valence-electron chi connectivity index (χ0n) is 8.32. The molecule has 14 heavy (non-hydrogen) atoms. The number of benzene rings is 1. The van der Waals surface area contributed by atoms with Crippen molar-refractivity contribution in [3.05, 3.63) is 29.3 Å². The lowest BCUT2D eigenvalue weighted by Gasteiger charge is -2.22. The Balaban J connectivity index is 0.000000980. The highest BCUT2D eigenvalue weighted by Crippen LogP contribution is 2.28. The second kappa shape index (κ2) is 4.67. The summed E-state index contributed by atoms with van der Waals surface area (Å²) in [5.41, 5.74) is 8.61. The molecule has 1 aliphatic carbocycles. The quantitative estimate of drug-likeness (QED) is 0.774. The maximum atomic E-state index is 5.90. The number of ether oxygens (including phenoxy) is 1. The van der Waals surface area contributed by atoms with E-state index in [0.717, 1.165) is 25.0 Å². The van der Waals surface area contributed by atoms with E-state index in [2.05, 4.69) is 6.07 Å². The van der Waals surface area contributed by atoms with E-state index in [1.165, 1.54) is 11.1 Å². The van der Waals surface area contributed by atoms with Crippen molar-refractivity contribution in [1.82, 2.24) is 0 Å². The normalized spacial score (nSPS) is 19.4. The summed E-state index contributed by atoms with van der Waals surface area (Å²) >= 11 is 0. The standard InChI is InChI=1S/C11H15NO.ClH/c1-13-11-4-2-3-8-7-9(12)5-6-10(8)11;/h2-4,9H,5-7,12H2,1H3;1H/t9-;/m1./s1. The molecular formula is C11H16ClNO. The van der Waals surface area contributed by atoms with E-state index in [4.69, 9.17) is 10.5 Å². The summed E-state index contributed by atoms with van der Waals surface area (Å²) in [6.07, 6.45) is 3.13. The van der Waals surface area contributed by atoms with Gasteiger partial charge in [-0.2, -0.15) is 0 Å². The first-order chi connectivity index (χ1) is 6.31. The fourth-order valence-corrected chi connectivity index (χ4v) is 1.99. The first-order valence-electron chi connectivity index (χ1n) is 4.71. The van der Waals surface area contributed by atoms with Gasteiger partial charge in [0, 0.05) is 6.04 Å². The molecule has 3 heteroatoms. The Labute approximate surface area is 90.9 Å². The van der Waals surface area contributed by atoms with Crippen LogP contribution >= 0.6 is 12.4 Å². The third-order valence-corrected chi connectivity index (χ3v) is 2.70. The predicted molar refractivity (Wildman–Crippen MR) is 60.2 cm³/mol. The fraction of sp³-hybridized carbons (Fsp3) is 0.455. The maximum absolute atomic E-state index is 5.90. The van der Waals surface area contributed by atoms with Crippen molar-refractivity contribution in [1.29, 1.82) is 0 Å². The number of rotatable bonds is 1. The van der Waals surface area contributed by atoms with E-state index in [1.807, 2.05) is 12.1 Å². The van der Waals surface area contributed by atoms with Gasteiger partial charge in [0.2, 0.25) is 0 Å². The summed E-state index contributed by atoms with van der Waals surface area (Å²) in [5.74, 6) is 1.02. The Morgan fingerprint density at radius 1 is 1.43 bits per heavy atom. The monoisotopic (exact) mass is 213 g/mol. The SMILES string of the molecule is COc1cccc2c1CC[C@@H](N)C2.Cl. The van der Waals surface area contributed by atoms with Crippen molar-refractivity contribution in [2.75, 3.05) is 7.11 Å². The van der Waals surface area contributed by atoms with Crippen molar-refractivity contribution < 1.29 is 4.74 Å². The highest BCUT2D eigenvalue weighted by molar-refractivity contribution is 5.85. The Kier molecular flexibility index (Phi) is 3.78. The highest BCUT2D eigenvalue weighted by atomic mass is 35.5. The number of hydrogen-bond donors (Lipinski definition) is 1. The van der Waals surface area contributed by atoms with Crippen LogP contribution in [0.4, 0.5) is 0 Å². The number of halogens is 1. The molecule has 0 spiro atoms. The minimum atomic E-state index is 0. The van der Waals surface area contributed by atoms with Gasteiger partial charge in [-0.05, 0) is 36.5 Å². The summed E-state index contributed by atoms with van der Waals surface area (Å²) in [6, 6.07) is 6.54. The second-order valence-corrected chi connectivity index (χ2v) is 3.60. The van der Waals surface area contributed by atoms with Gasteiger partial charge in [-0.25, -0.2) is 0 Å². The molecule has 0 aromatic heterocycles. The minimum Gasteiger partial charge on any atom is -0.496 e. The Morgan fingerprint density at radius 2 is 2.21 bits per heavy atom. The molecule has 1 aliphatic rings. The summed E-state index contributed by atoms with van der Waals surface area (Å²) in [7, 11) is 1.73. The first-order valence-corrected chi connectivity index (χ1v) is 4.71. The molecule has 0 fully saturated rings. The van der Waals surface area contributed by atoms with Crippen LogP contribution in [0.1, 0.15) is 17.5 Å². The lowest BCUT2D eigenvalue weighted by atomic mass is 9.88. The number of hydrogen-bond acceptors (Lipinski definition) is 2. The molecule has 2 rings (SSSR count). The van der Waals surface area contributed by atoms with Gasteiger partial charge in [0.1, 0.15) is 5.75 Å². The smallest absolute Gasteiger partial charge is 0.122 e. The molecule has 0 radical (unpaired) electrons. The van der Waals surface area contributed by atoms with Crippen LogP contribution in [0.2, 0.25) is 0 Å². The van der Waals surface area contributed by atoms with E-state index in [1.54, 1.807) is 7.11 Å². The lowest BCUT2D eigenvalue weighted by molar-refractivity contribution is 0.404.